The monoisotopic (exact) mass is 162 g/mol. The minimum atomic E-state index is -1.03. The van der Waals surface area contributed by atoms with Crippen molar-refractivity contribution in [2.45, 2.75) is 45.9 Å². The van der Waals surface area contributed by atoms with Crippen LogP contribution in [0.15, 0.2) is 0 Å². The van der Waals surface area contributed by atoms with E-state index in [1.54, 1.807) is 6.92 Å². The highest BCUT2D eigenvalue weighted by Gasteiger charge is 2.23. The van der Waals surface area contributed by atoms with E-state index in [0.29, 0.717) is 6.42 Å². The molecule has 0 saturated heterocycles. The third kappa shape index (κ3) is 3.16. The van der Waals surface area contributed by atoms with Gasteiger partial charge >= 0.3 is 0 Å². The van der Waals surface area contributed by atoms with Crippen LogP contribution in [0.25, 0.3) is 0 Å². The second-order valence-electron chi connectivity index (χ2n) is 2.57. The minimum absolute atomic E-state index is 0.371. The van der Waals surface area contributed by atoms with Crippen LogP contribution in [0.1, 0.15) is 27.2 Å². The van der Waals surface area contributed by atoms with Gasteiger partial charge in [0.1, 0.15) is 18.7 Å². The number of hydrogen-bond donors (Lipinski definition) is 2. The summed E-state index contributed by atoms with van der Waals surface area (Å²) in [5, 5.41) is 29.2. The number of nitrogens with zero attached hydrogens (tertiary/aromatic N) is 1. The predicted octanol–water partition coefficient (Wildman–Crippen LogP) is 0.132. The van der Waals surface area contributed by atoms with Gasteiger partial charge in [-0.1, -0.05) is 6.92 Å². The molecule has 3 unspecified atom stereocenters. The highest BCUT2D eigenvalue weighted by atomic mass is 16.4. The van der Waals surface area contributed by atoms with Crippen LogP contribution in [0, 0.1) is 0 Å². The standard InChI is InChI=1S/C7H16NO3/c1-4-7(11)8(5(2)9)6(3)10/h5-7,9-10H,4H2,1-3H3. The summed E-state index contributed by atoms with van der Waals surface area (Å²) in [5.74, 6) is 0. The van der Waals surface area contributed by atoms with Gasteiger partial charge < -0.3 is 10.2 Å². The first-order valence-electron chi connectivity index (χ1n) is 3.80. The van der Waals surface area contributed by atoms with E-state index in [9.17, 15) is 5.11 Å². The number of aliphatic hydroxyl groups excluding tert-OH is 2. The molecule has 0 aliphatic rings. The average Bonchev–Trinajstić information content (AvgIpc) is 1.85. The third-order valence-electron chi connectivity index (χ3n) is 1.54. The van der Waals surface area contributed by atoms with E-state index < -0.39 is 18.7 Å². The minimum Gasteiger partial charge on any atom is -0.379 e. The second-order valence-corrected chi connectivity index (χ2v) is 2.57. The number of rotatable bonds is 4. The van der Waals surface area contributed by atoms with E-state index in [1.807, 2.05) is 0 Å². The fourth-order valence-electron chi connectivity index (χ4n) is 1.00. The Morgan fingerprint density at radius 3 is 1.73 bits per heavy atom. The van der Waals surface area contributed by atoms with Crippen molar-refractivity contribution in [1.29, 1.82) is 0 Å². The summed E-state index contributed by atoms with van der Waals surface area (Å²) in [4.78, 5) is 1.11. The lowest BCUT2D eigenvalue weighted by Gasteiger charge is -2.30. The molecule has 2 N–H and O–H groups in total. The first-order valence-corrected chi connectivity index (χ1v) is 3.80. The Morgan fingerprint density at radius 1 is 1.27 bits per heavy atom. The van der Waals surface area contributed by atoms with E-state index in [0.717, 1.165) is 4.90 Å². The Hall–Kier alpha value is -0.160. The van der Waals surface area contributed by atoms with E-state index in [-0.39, 0.29) is 0 Å². The van der Waals surface area contributed by atoms with Crippen molar-refractivity contribution in [3.63, 3.8) is 0 Å². The molecular weight excluding hydrogens is 146 g/mol. The molecule has 4 nitrogen and oxygen atoms in total. The Bertz CT molecular complexity index is 97.9. The Kier molecular flexibility index (Phi) is 4.60. The zero-order valence-corrected chi connectivity index (χ0v) is 7.19. The molecule has 0 spiro atoms. The SMILES string of the molecule is CCC([O])N(C(C)O)C(C)O. The van der Waals surface area contributed by atoms with Gasteiger partial charge in [0.15, 0.2) is 0 Å². The van der Waals surface area contributed by atoms with Gasteiger partial charge in [-0.15, -0.1) is 0 Å². The average molecular weight is 162 g/mol. The molecular formula is C7H16NO3. The molecule has 1 radical (unpaired) electrons. The smallest absolute Gasteiger partial charge is 0.150 e. The number of hydrogen-bond acceptors (Lipinski definition) is 3. The van der Waals surface area contributed by atoms with Gasteiger partial charge in [0.25, 0.3) is 0 Å². The maximum absolute atomic E-state index is 11.1. The van der Waals surface area contributed by atoms with Crippen molar-refractivity contribution in [2.75, 3.05) is 0 Å². The lowest BCUT2D eigenvalue weighted by Crippen LogP contribution is -2.46. The molecule has 0 amide bonds. The first-order chi connectivity index (χ1) is 5.00. The van der Waals surface area contributed by atoms with Crippen LogP contribution in [0.2, 0.25) is 0 Å². The fraction of sp³-hybridized carbons (Fsp3) is 1.00. The van der Waals surface area contributed by atoms with Gasteiger partial charge in [0.05, 0.1) is 0 Å². The van der Waals surface area contributed by atoms with E-state index in [2.05, 4.69) is 0 Å². The van der Waals surface area contributed by atoms with E-state index in [1.165, 1.54) is 13.8 Å². The van der Waals surface area contributed by atoms with Crippen LogP contribution >= 0.6 is 0 Å². The summed E-state index contributed by atoms with van der Waals surface area (Å²) in [6, 6.07) is 0. The topological polar surface area (TPSA) is 63.6 Å². The van der Waals surface area contributed by atoms with Crippen molar-refractivity contribution in [3.8, 4) is 0 Å². The summed E-state index contributed by atoms with van der Waals surface area (Å²) in [6.07, 6.45) is -2.44. The molecule has 0 rings (SSSR count). The molecule has 4 heteroatoms. The van der Waals surface area contributed by atoms with Gasteiger partial charge in [-0.05, 0) is 20.3 Å². The normalized spacial score (nSPS) is 19.9. The van der Waals surface area contributed by atoms with Crippen LogP contribution in [0.4, 0.5) is 0 Å². The van der Waals surface area contributed by atoms with Crippen LogP contribution in [-0.2, 0) is 5.11 Å². The summed E-state index contributed by atoms with van der Waals surface area (Å²) >= 11 is 0. The van der Waals surface area contributed by atoms with E-state index >= 15 is 0 Å². The van der Waals surface area contributed by atoms with Crippen molar-refractivity contribution in [3.05, 3.63) is 0 Å². The van der Waals surface area contributed by atoms with Gasteiger partial charge in [-0.25, -0.2) is 10.0 Å². The molecule has 3 atom stereocenters. The molecule has 67 valence electrons. The molecule has 11 heavy (non-hydrogen) atoms. The molecule has 0 bridgehead atoms. The predicted molar refractivity (Wildman–Crippen MR) is 40.0 cm³/mol. The zero-order chi connectivity index (χ0) is 9.02. The van der Waals surface area contributed by atoms with Gasteiger partial charge in [0.2, 0.25) is 0 Å². The van der Waals surface area contributed by atoms with Crippen LogP contribution in [0.3, 0.4) is 0 Å². The van der Waals surface area contributed by atoms with Gasteiger partial charge in [-0.2, -0.15) is 0 Å². The highest BCUT2D eigenvalue weighted by molar-refractivity contribution is 4.61. The summed E-state index contributed by atoms with van der Waals surface area (Å²) in [6.45, 7) is 4.65. The quantitative estimate of drug-likeness (QED) is 0.577. The fourth-order valence-corrected chi connectivity index (χ4v) is 1.00. The lowest BCUT2D eigenvalue weighted by molar-refractivity contribution is -0.186. The largest absolute Gasteiger partial charge is 0.379 e. The van der Waals surface area contributed by atoms with Gasteiger partial charge in [-0.3, -0.25) is 0 Å². The number of aliphatic hydroxyl groups is 2. The molecule has 0 aromatic rings. The van der Waals surface area contributed by atoms with Crippen molar-refractivity contribution >= 4 is 0 Å². The molecule has 0 aliphatic heterocycles. The summed E-state index contributed by atoms with van der Waals surface area (Å²) in [7, 11) is 0. The molecule has 0 saturated carbocycles. The van der Waals surface area contributed by atoms with Crippen LogP contribution in [0.5, 0.6) is 0 Å². The second kappa shape index (κ2) is 4.66. The summed E-state index contributed by atoms with van der Waals surface area (Å²) < 4.78 is 0. The maximum Gasteiger partial charge on any atom is 0.150 e. The molecule has 0 aromatic heterocycles. The third-order valence-corrected chi connectivity index (χ3v) is 1.54. The van der Waals surface area contributed by atoms with Crippen molar-refractivity contribution in [2.24, 2.45) is 0 Å². The molecule has 0 aromatic carbocycles. The highest BCUT2D eigenvalue weighted by Crippen LogP contribution is 2.08. The van der Waals surface area contributed by atoms with Crippen LogP contribution < -0.4 is 0 Å². The molecule has 0 fully saturated rings. The first kappa shape index (κ1) is 10.8. The lowest BCUT2D eigenvalue weighted by atomic mass is 10.3. The Labute approximate surface area is 67.1 Å². The zero-order valence-electron chi connectivity index (χ0n) is 7.19. The Balaban J connectivity index is 4.09. The maximum atomic E-state index is 11.1. The van der Waals surface area contributed by atoms with Crippen molar-refractivity contribution in [1.82, 2.24) is 4.90 Å². The molecule has 0 heterocycles. The van der Waals surface area contributed by atoms with Crippen molar-refractivity contribution < 1.29 is 15.3 Å². The Morgan fingerprint density at radius 2 is 1.64 bits per heavy atom. The molecule has 0 aliphatic carbocycles. The van der Waals surface area contributed by atoms with Crippen LogP contribution in [-0.4, -0.2) is 33.8 Å². The summed E-state index contributed by atoms with van der Waals surface area (Å²) in [5.41, 5.74) is 0. The van der Waals surface area contributed by atoms with Gasteiger partial charge in [0, 0.05) is 0 Å². The van der Waals surface area contributed by atoms with E-state index in [4.69, 9.17) is 10.2 Å².